The van der Waals surface area contributed by atoms with E-state index in [2.05, 4.69) is 15.8 Å². The number of nitriles is 1. The van der Waals surface area contributed by atoms with Crippen LogP contribution in [0.4, 0.5) is 5.00 Å². The summed E-state index contributed by atoms with van der Waals surface area (Å²) in [5, 5.41) is 14.4. The van der Waals surface area contributed by atoms with E-state index >= 15 is 0 Å². The van der Waals surface area contributed by atoms with Gasteiger partial charge in [-0.05, 0) is 37.2 Å². The predicted octanol–water partition coefficient (Wildman–Crippen LogP) is 3.66. The minimum Gasteiger partial charge on any atom is -0.374 e. The van der Waals surface area contributed by atoms with Crippen LogP contribution < -0.4 is 5.32 Å². The summed E-state index contributed by atoms with van der Waals surface area (Å²) >= 11 is 8.90. The van der Waals surface area contributed by atoms with E-state index in [1.54, 1.807) is 0 Å². The molecule has 2 heterocycles. The number of fused-ring (bicyclic) bond motifs is 1. The van der Waals surface area contributed by atoms with Crippen molar-refractivity contribution in [2.45, 2.75) is 32.1 Å². The molecule has 3 rings (SSSR count). The van der Waals surface area contributed by atoms with E-state index in [1.165, 1.54) is 46.4 Å². The Kier molecular flexibility index (Phi) is 4.20. The van der Waals surface area contributed by atoms with Crippen LogP contribution in [-0.4, -0.2) is 15.9 Å². The maximum Gasteiger partial charge on any atom is 0.162 e. The van der Waals surface area contributed by atoms with E-state index in [0.29, 0.717) is 5.56 Å². The van der Waals surface area contributed by atoms with Gasteiger partial charge in [0.2, 0.25) is 0 Å². The number of aromatic nitrogens is 2. The number of aryl methyl sites for hydroxylation is 2. The van der Waals surface area contributed by atoms with E-state index in [4.69, 9.17) is 21.8 Å². The van der Waals surface area contributed by atoms with Crippen molar-refractivity contribution in [2.75, 3.05) is 11.9 Å². The second-order valence-electron chi connectivity index (χ2n) is 4.65. The van der Waals surface area contributed by atoms with Gasteiger partial charge in [-0.3, -0.25) is 0 Å². The highest BCUT2D eigenvalue weighted by Gasteiger charge is 2.15. The van der Waals surface area contributed by atoms with Crippen molar-refractivity contribution < 1.29 is 0 Å². The second kappa shape index (κ2) is 6.08. The molecular weight excluding hydrogens is 312 g/mol. The smallest absolute Gasteiger partial charge is 0.162 e. The predicted molar refractivity (Wildman–Crippen MR) is 82.8 cm³/mol. The zero-order chi connectivity index (χ0) is 13.9. The fraction of sp³-hybridized carbons (Fsp3) is 0.462. The van der Waals surface area contributed by atoms with Gasteiger partial charge >= 0.3 is 0 Å². The summed E-state index contributed by atoms with van der Waals surface area (Å²) < 4.78 is 3.98. The zero-order valence-corrected chi connectivity index (χ0v) is 13.2. The topological polar surface area (TPSA) is 61.6 Å². The molecule has 0 spiro atoms. The molecule has 0 aliphatic heterocycles. The van der Waals surface area contributed by atoms with E-state index in [1.807, 2.05) is 11.3 Å². The van der Waals surface area contributed by atoms with Gasteiger partial charge in [-0.15, -0.1) is 11.3 Å². The normalized spacial score (nSPS) is 13.8. The van der Waals surface area contributed by atoms with Crippen LogP contribution in [0, 0.1) is 11.3 Å². The lowest BCUT2D eigenvalue weighted by molar-refractivity contribution is 0.680. The Hall–Kier alpha value is -1.16. The second-order valence-corrected chi connectivity index (χ2v) is 6.95. The van der Waals surface area contributed by atoms with Crippen LogP contribution in [0.15, 0.2) is 0 Å². The van der Waals surface area contributed by atoms with Crippen LogP contribution in [0.2, 0.25) is 5.15 Å². The highest BCUT2D eigenvalue weighted by molar-refractivity contribution is 7.11. The van der Waals surface area contributed by atoms with Gasteiger partial charge in [-0.25, -0.2) is 4.98 Å². The van der Waals surface area contributed by atoms with Crippen molar-refractivity contribution in [3.8, 4) is 6.07 Å². The third-order valence-corrected chi connectivity index (χ3v) is 5.67. The van der Waals surface area contributed by atoms with Crippen LogP contribution in [0.5, 0.6) is 0 Å². The minimum absolute atomic E-state index is 0.282. The van der Waals surface area contributed by atoms with Crippen LogP contribution in [0.1, 0.15) is 34.0 Å². The van der Waals surface area contributed by atoms with Crippen molar-refractivity contribution in [1.29, 1.82) is 5.26 Å². The molecule has 0 bridgehead atoms. The number of nitrogens with one attached hydrogen (secondary N) is 1. The first-order valence-electron chi connectivity index (χ1n) is 6.54. The van der Waals surface area contributed by atoms with Gasteiger partial charge in [0.05, 0.1) is 10.7 Å². The molecule has 0 unspecified atom stereocenters. The van der Waals surface area contributed by atoms with E-state index in [0.717, 1.165) is 24.4 Å². The van der Waals surface area contributed by atoms with E-state index < -0.39 is 0 Å². The van der Waals surface area contributed by atoms with Crippen molar-refractivity contribution in [3.05, 3.63) is 26.3 Å². The summed E-state index contributed by atoms with van der Waals surface area (Å²) in [4.78, 5) is 6.17. The highest BCUT2D eigenvalue weighted by Crippen LogP contribution is 2.29. The molecule has 0 saturated carbocycles. The first-order valence-corrected chi connectivity index (χ1v) is 8.51. The lowest BCUT2D eigenvalue weighted by atomic mass is 10.0. The summed E-state index contributed by atoms with van der Waals surface area (Å²) in [5.41, 5.74) is 1.74. The van der Waals surface area contributed by atoms with Gasteiger partial charge in [0.25, 0.3) is 0 Å². The third kappa shape index (κ3) is 2.80. The quantitative estimate of drug-likeness (QED) is 0.932. The van der Waals surface area contributed by atoms with Crippen LogP contribution >= 0.6 is 34.5 Å². The average molecular weight is 325 g/mol. The average Bonchev–Trinajstić information content (AvgIpc) is 3.02. The molecule has 104 valence electrons. The van der Waals surface area contributed by atoms with Gasteiger partial charge in [0.1, 0.15) is 16.6 Å². The Morgan fingerprint density at radius 3 is 3.00 bits per heavy atom. The fourth-order valence-electron chi connectivity index (χ4n) is 2.28. The van der Waals surface area contributed by atoms with Gasteiger partial charge < -0.3 is 5.32 Å². The first-order chi connectivity index (χ1) is 9.78. The molecule has 1 aliphatic carbocycles. The standard InChI is InChI=1S/C13H13ClN4S2/c14-12-8(7-15)13(20-18-12)16-6-5-11-17-9-3-1-2-4-10(9)19-11/h16H,1-6H2. The molecular formula is C13H13ClN4S2. The number of halogens is 1. The fourth-order valence-corrected chi connectivity index (χ4v) is 4.40. The summed E-state index contributed by atoms with van der Waals surface area (Å²) in [6.07, 6.45) is 5.74. The Morgan fingerprint density at radius 1 is 1.35 bits per heavy atom. The molecule has 0 aromatic carbocycles. The number of hydrogen-bond acceptors (Lipinski definition) is 6. The maximum atomic E-state index is 9.00. The number of anilines is 1. The molecule has 0 radical (unpaired) electrons. The van der Waals surface area contributed by atoms with Crippen molar-refractivity contribution in [2.24, 2.45) is 0 Å². The Balaban J connectivity index is 1.60. The monoisotopic (exact) mass is 324 g/mol. The Bertz CT molecular complexity index is 632. The third-order valence-electron chi connectivity index (χ3n) is 3.28. The SMILES string of the molecule is N#Cc1c(Cl)nsc1NCCc1nc2c(s1)CCCC2. The van der Waals surface area contributed by atoms with Crippen molar-refractivity contribution in [1.82, 2.24) is 9.36 Å². The number of thiazole rings is 1. The van der Waals surface area contributed by atoms with Crippen molar-refractivity contribution in [3.63, 3.8) is 0 Å². The van der Waals surface area contributed by atoms with Gasteiger partial charge in [0.15, 0.2) is 5.15 Å². The molecule has 1 N–H and O–H groups in total. The number of rotatable bonds is 4. The molecule has 0 saturated heterocycles. The van der Waals surface area contributed by atoms with E-state index in [-0.39, 0.29) is 5.15 Å². The lowest BCUT2D eigenvalue weighted by Gasteiger charge is -2.06. The molecule has 0 fully saturated rings. The highest BCUT2D eigenvalue weighted by atomic mass is 35.5. The number of nitrogens with zero attached hydrogens (tertiary/aromatic N) is 3. The molecule has 2 aromatic rings. The largest absolute Gasteiger partial charge is 0.374 e. The zero-order valence-electron chi connectivity index (χ0n) is 10.8. The Labute approximate surface area is 130 Å². The minimum atomic E-state index is 0.282. The molecule has 0 atom stereocenters. The summed E-state index contributed by atoms with van der Waals surface area (Å²) in [7, 11) is 0. The summed E-state index contributed by atoms with van der Waals surface area (Å²) in [6.45, 7) is 0.750. The molecule has 20 heavy (non-hydrogen) atoms. The van der Waals surface area contributed by atoms with Gasteiger partial charge in [-0.2, -0.15) is 9.64 Å². The maximum absolute atomic E-state index is 9.00. The molecule has 4 nitrogen and oxygen atoms in total. The van der Waals surface area contributed by atoms with Crippen LogP contribution in [-0.2, 0) is 19.3 Å². The van der Waals surface area contributed by atoms with Gasteiger partial charge in [-0.1, -0.05) is 11.6 Å². The summed E-state index contributed by atoms with van der Waals surface area (Å²) in [6, 6.07) is 2.07. The lowest BCUT2D eigenvalue weighted by Crippen LogP contribution is -2.04. The van der Waals surface area contributed by atoms with E-state index in [9.17, 15) is 0 Å². The molecule has 7 heteroatoms. The van der Waals surface area contributed by atoms with Crippen LogP contribution in [0.25, 0.3) is 0 Å². The molecule has 0 amide bonds. The van der Waals surface area contributed by atoms with Gasteiger partial charge in [0, 0.05) is 17.8 Å². The summed E-state index contributed by atoms with van der Waals surface area (Å²) in [5.74, 6) is 0. The Morgan fingerprint density at radius 2 is 2.20 bits per heavy atom. The molecule has 1 aliphatic rings. The van der Waals surface area contributed by atoms with Crippen LogP contribution in [0.3, 0.4) is 0 Å². The van der Waals surface area contributed by atoms with Crippen molar-refractivity contribution >= 4 is 39.5 Å². The first kappa shape index (κ1) is 13.8. The molecule has 2 aromatic heterocycles. The number of hydrogen-bond donors (Lipinski definition) is 1.